The van der Waals surface area contributed by atoms with Crippen molar-refractivity contribution in [1.82, 2.24) is 0 Å². The van der Waals surface area contributed by atoms with E-state index in [2.05, 4.69) is 24.3 Å². The molecule has 190 valence electrons. The Morgan fingerprint density at radius 3 is 0.925 bits per heavy atom. The number of fused-ring (bicyclic) bond motifs is 4. The highest BCUT2D eigenvalue weighted by molar-refractivity contribution is 6.26. The van der Waals surface area contributed by atoms with Crippen molar-refractivity contribution in [2.75, 3.05) is 0 Å². The Labute approximate surface area is 229 Å². The zero-order chi connectivity index (χ0) is 27.4. The van der Waals surface area contributed by atoms with Crippen molar-refractivity contribution in [1.29, 1.82) is 0 Å². The smallest absolute Gasteiger partial charge is 0.336 e. The van der Waals surface area contributed by atoms with Crippen LogP contribution in [-0.2, 0) is 0 Å². The minimum absolute atomic E-state index is 0.273. The predicted molar refractivity (Wildman–Crippen MR) is 161 cm³/mol. The minimum Gasteiger partial charge on any atom is -0.478 e. The third-order valence-corrected chi connectivity index (χ3v) is 7.78. The first-order chi connectivity index (χ1) is 19.5. The molecule has 4 heteroatoms. The van der Waals surface area contributed by atoms with Crippen molar-refractivity contribution in [2.45, 2.75) is 0 Å². The number of aromatic carboxylic acids is 2. The van der Waals surface area contributed by atoms with Crippen LogP contribution in [0.5, 0.6) is 0 Å². The van der Waals surface area contributed by atoms with Crippen LogP contribution in [0.1, 0.15) is 20.7 Å². The van der Waals surface area contributed by atoms with Gasteiger partial charge in [0.15, 0.2) is 0 Å². The first-order valence-corrected chi connectivity index (χ1v) is 13.0. The number of hydrogen-bond donors (Lipinski definition) is 2. The van der Waals surface area contributed by atoms with Gasteiger partial charge in [0.2, 0.25) is 0 Å². The maximum atomic E-state index is 12.0. The van der Waals surface area contributed by atoms with Gasteiger partial charge in [-0.25, -0.2) is 9.59 Å². The molecule has 7 aromatic rings. The lowest BCUT2D eigenvalue weighted by molar-refractivity contribution is 0.0688. The first-order valence-electron chi connectivity index (χ1n) is 13.0. The van der Waals surface area contributed by atoms with Crippen molar-refractivity contribution in [3.63, 3.8) is 0 Å². The summed E-state index contributed by atoms with van der Waals surface area (Å²) in [5.41, 5.74) is 4.55. The van der Waals surface area contributed by atoms with E-state index >= 15 is 0 Å². The highest BCUT2D eigenvalue weighted by Crippen LogP contribution is 2.47. The summed E-state index contributed by atoms with van der Waals surface area (Å²) in [6.07, 6.45) is 0. The summed E-state index contributed by atoms with van der Waals surface area (Å²) in [4.78, 5) is 24.1. The fraction of sp³-hybridized carbons (Fsp3) is 0. The Hall–Kier alpha value is -5.48. The predicted octanol–water partition coefficient (Wildman–Crippen LogP) is 9.03. The number of rotatable bonds is 4. The van der Waals surface area contributed by atoms with E-state index in [0.29, 0.717) is 10.8 Å². The van der Waals surface area contributed by atoms with E-state index in [1.54, 1.807) is 12.1 Å². The maximum Gasteiger partial charge on any atom is 0.336 e. The highest BCUT2D eigenvalue weighted by Gasteiger charge is 2.21. The van der Waals surface area contributed by atoms with E-state index in [9.17, 15) is 19.8 Å². The molecular weight excluding hydrogens is 496 g/mol. The van der Waals surface area contributed by atoms with Crippen LogP contribution in [0.25, 0.3) is 65.3 Å². The van der Waals surface area contributed by atoms with Gasteiger partial charge in [0.1, 0.15) is 0 Å². The Balaban J connectivity index is 1.66. The third kappa shape index (κ3) is 3.47. The summed E-state index contributed by atoms with van der Waals surface area (Å²) in [6.45, 7) is 0. The molecule has 7 rings (SSSR count). The largest absolute Gasteiger partial charge is 0.478 e. The lowest BCUT2D eigenvalue weighted by atomic mass is 9.83. The monoisotopic (exact) mass is 518 g/mol. The van der Waals surface area contributed by atoms with Crippen LogP contribution in [0, 0.1) is 0 Å². The Morgan fingerprint density at radius 2 is 0.625 bits per heavy atom. The summed E-state index contributed by atoms with van der Waals surface area (Å²) in [6, 6.07) is 39.0. The van der Waals surface area contributed by atoms with Crippen LogP contribution in [0.3, 0.4) is 0 Å². The molecule has 0 radical (unpaired) electrons. The molecule has 0 fully saturated rings. The van der Waals surface area contributed by atoms with Crippen molar-refractivity contribution in [3.8, 4) is 22.3 Å². The molecule has 0 atom stereocenters. The van der Waals surface area contributed by atoms with Crippen molar-refractivity contribution in [3.05, 3.63) is 132 Å². The number of carboxylic acid groups (broad SMARTS) is 2. The van der Waals surface area contributed by atoms with E-state index in [1.165, 1.54) is 0 Å². The Kier molecular flexibility index (Phi) is 5.36. The molecule has 2 N–H and O–H groups in total. The Morgan fingerprint density at radius 1 is 0.350 bits per heavy atom. The molecule has 0 aliphatic carbocycles. The summed E-state index contributed by atoms with van der Waals surface area (Å²) >= 11 is 0. The van der Waals surface area contributed by atoms with Crippen LogP contribution < -0.4 is 0 Å². The normalized spacial score (nSPS) is 11.4. The summed E-state index contributed by atoms with van der Waals surface area (Å²) < 4.78 is 0. The van der Waals surface area contributed by atoms with Gasteiger partial charge >= 0.3 is 11.9 Å². The second-order valence-corrected chi connectivity index (χ2v) is 9.86. The first kappa shape index (κ1) is 23.6. The lowest BCUT2D eigenvalue weighted by Gasteiger charge is -2.20. The second-order valence-electron chi connectivity index (χ2n) is 9.86. The van der Waals surface area contributed by atoms with Crippen molar-refractivity contribution in [2.24, 2.45) is 0 Å². The van der Waals surface area contributed by atoms with Crippen LogP contribution in [0.2, 0.25) is 0 Å². The van der Waals surface area contributed by atoms with E-state index in [4.69, 9.17) is 0 Å². The molecule has 40 heavy (non-hydrogen) atoms. The van der Waals surface area contributed by atoms with Crippen LogP contribution >= 0.6 is 0 Å². The fourth-order valence-electron chi connectivity index (χ4n) is 6.12. The van der Waals surface area contributed by atoms with E-state index in [1.807, 2.05) is 84.9 Å². The molecule has 0 spiro atoms. The average molecular weight is 519 g/mol. The van der Waals surface area contributed by atoms with E-state index in [-0.39, 0.29) is 11.1 Å². The maximum absolute atomic E-state index is 12.0. The van der Waals surface area contributed by atoms with Gasteiger partial charge in [-0.2, -0.15) is 0 Å². The standard InChI is InChI=1S/C36H22O4/c37-35(38)31-19-17-29(21-9-1-3-11-23(21)31)33-25-13-5-7-15-27(25)34(28-16-8-6-14-26(28)33)30-18-20-32(36(39)40)24-12-4-2-10-22(24)30/h1-20H,(H,37,38)(H,39,40). The SMILES string of the molecule is O=C(O)c1ccc(-c2c3ccccc3c(-c3ccc(C(=O)O)c4ccccc34)c3ccccc23)c2ccccc12. The van der Waals surface area contributed by atoms with E-state index < -0.39 is 11.9 Å². The van der Waals surface area contributed by atoms with Gasteiger partial charge in [0.25, 0.3) is 0 Å². The van der Waals surface area contributed by atoms with Gasteiger partial charge in [0.05, 0.1) is 11.1 Å². The quantitative estimate of drug-likeness (QED) is 0.228. The van der Waals surface area contributed by atoms with Gasteiger partial charge in [-0.3, -0.25) is 0 Å². The molecule has 0 aliphatic rings. The van der Waals surface area contributed by atoms with Crippen molar-refractivity contribution >= 4 is 55.0 Å². The van der Waals surface area contributed by atoms with Crippen LogP contribution in [-0.4, -0.2) is 22.2 Å². The third-order valence-electron chi connectivity index (χ3n) is 7.78. The average Bonchev–Trinajstić information content (AvgIpc) is 2.99. The number of hydrogen-bond acceptors (Lipinski definition) is 2. The van der Waals surface area contributed by atoms with Crippen LogP contribution in [0.15, 0.2) is 121 Å². The highest BCUT2D eigenvalue weighted by atomic mass is 16.4. The zero-order valence-corrected chi connectivity index (χ0v) is 21.3. The van der Waals surface area contributed by atoms with Crippen molar-refractivity contribution < 1.29 is 19.8 Å². The number of benzene rings is 7. The summed E-state index contributed by atoms with van der Waals surface area (Å²) in [7, 11) is 0. The summed E-state index contributed by atoms with van der Waals surface area (Å²) in [5, 5.41) is 27.0. The second kappa shape index (κ2) is 9.07. The molecular formula is C36H22O4. The zero-order valence-electron chi connectivity index (χ0n) is 21.3. The molecule has 0 heterocycles. The Bertz CT molecular complexity index is 1960. The molecule has 0 unspecified atom stereocenters. The van der Waals surface area contributed by atoms with Gasteiger partial charge in [-0.15, -0.1) is 0 Å². The van der Waals surface area contributed by atoms with Gasteiger partial charge in [-0.1, -0.05) is 109 Å². The molecule has 4 nitrogen and oxygen atoms in total. The van der Waals surface area contributed by atoms with Gasteiger partial charge < -0.3 is 10.2 Å². The summed E-state index contributed by atoms with van der Waals surface area (Å²) in [5.74, 6) is -1.91. The lowest BCUT2D eigenvalue weighted by Crippen LogP contribution is -1.99. The van der Waals surface area contributed by atoms with E-state index in [0.717, 1.165) is 54.6 Å². The molecule has 0 bridgehead atoms. The molecule has 0 saturated carbocycles. The fourth-order valence-corrected chi connectivity index (χ4v) is 6.12. The molecule has 7 aromatic carbocycles. The number of carbonyl (C=O) groups is 2. The molecule has 0 saturated heterocycles. The minimum atomic E-state index is -0.954. The number of carboxylic acids is 2. The molecule has 0 amide bonds. The molecule has 0 aromatic heterocycles. The van der Waals surface area contributed by atoms with Gasteiger partial charge in [0, 0.05) is 0 Å². The van der Waals surface area contributed by atoms with Crippen LogP contribution in [0.4, 0.5) is 0 Å². The molecule has 0 aliphatic heterocycles. The van der Waals surface area contributed by atoms with Gasteiger partial charge in [-0.05, 0) is 77.5 Å². The topological polar surface area (TPSA) is 74.6 Å².